The zero-order valence-corrected chi connectivity index (χ0v) is 16.1. The number of nitrogens with one attached hydrogen (secondary N) is 2. The van der Waals surface area contributed by atoms with Crippen LogP contribution in [0.5, 0.6) is 0 Å². The highest BCUT2D eigenvalue weighted by Gasteiger charge is 2.38. The Labute approximate surface area is 161 Å². The van der Waals surface area contributed by atoms with E-state index in [1.165, 1.54) is 0 Å². The molecule has 4 unspecified atom stereocenters. The molecule has 0 bridgehead atoms. The molecule has 0 aromatic heterocycles. The van der Waals surface area contributed by atoms with Gasteiger partial charge in [-0.3, -0.25) is 0 Å². The molecule has 160 valence electrons. The van der Waals surface area contributed by atoms with Crippen molar-refractivity contribution in [3.63, 3.8) is 0 Å². The number of hydrogen-bond donors (Lipinski definition) is 7. The zero-order valence-electron chi connectivity index (χ0n) is 16.1. The molecule has 1 aliphatic heterocycles. The van der Waals surface area contributed by atoms with Crippen molar-refractivity contribution in [1.29, 1.82) is 0 Å². The normalized spacial score (nSPS) is 34.9. The van der Waals surface area contributed by atoms with Gasteiger partial charge >= 0.3 is 0 Å². The molecule has 0 aromatic rings. The molecule has 2 rings (SSSR count). The molecule has 0 radical (unpaired) electrons. The average Bonchev–Trinajstić information content (AvgIpc) is 2.66. The van der Waals surface area contributed by atoms with Crippen LogP contribution in [-0.4, -0.2) is 90.9 Å². The maximum Gasteiger partial charge on any atom is 0.158 e. The molecular weight excluding hydrogens is 352 g/mol. The van der Waals surface area contributed by atoms with Crippen molar-refractivity contribution < 1.29 is 24.8 Å². The van der Waals surface area contributed by atoms with E-state index in [0.717, 1.165) is 38.8 Å². The topological polar surface area (TPSA) is 155 Å². The molecule has 9 N–H and O–H groups in total. The summed E-state index contributed by atoms with van der Waals surface area (Å²) in [4.78, 5) is 0. The number of rotatable bonds is 11. The average molecular weight is 391 g/mol. The molecule has 2 fully saturated rings. The van der Waals surface area contributed by atoms with Gasteiger partial charge in [0.2, 0.25) is 0 Å². The van der Waals surface area contributed by atoms with Crippen LogP contribution in [0.1, 0.15) is 38.5 Å². The predicted molar refractivity (Wildman–Crippen MR) is 102 cm³/mol. The standard InChI is InChI=1S/C18H38N4O5/c19-5-2-6-21-9-14-3-1-4-17(26-14)27-18-15(20)7-12(8-16(18)25)22-13(10-23)11-24/h12-18,21-25H,1-11,19-20H2/t12?,14?,15?,16?,17-,18-/m1/s1. The minimum Gasteiger partial charge on any atom is -0.395 e. The van der Waals surface area contributed by atoms with Gasteiger partial charge in [0.15, 0.2) is 6.29 Å². The number of aliphatic hydroxyl groups is 3. The third-order valence-electron chi connectivity index (χ3n) is 5.34. The van der Waals surface area contributed by atoms with E-state index in [0.29, 0.717) is 19.4 Å². The molecule has 9 nitrogen and oxygen atoms in total. The number of ether oxygens (including phenoxy) is 2. The van der Waals surface area contributed by atoms with Crippen LogP contribution in [0.25, 0.3) is 0 Å². The lowest BCUT2D eigenvalue weighted by molar-refractivity contribution is -0.237. The van der Waals surface area contributed by atoms with Gasteiger partial charge < -0.3 is 46.9 Å². The number of nitrogens with two attached hydrogens (primary N) is 2. The van der Waals surface area contributed by atoms with Crippen LogP contribution in [0, 0.1) is 0 Å². The molecule has 2 aliphatic rings. The van der Waals surface area contributed by atoms with E-state index in [4.69, 9.17) is 20.9 Å². The summed E-state index contributed by atoms with van der Waals surface area (Å²) in [5.41, 5.74) is 11.8. The SMILES string of the molecule is NCCCNCC1CCC[C@@H](O[C@@H]2C(N)CC(NC(CO)CO)CC2O)O1. The minimum absolute atomic E-state index is 0.0640. The lowest BCUT2D eigenvalue weighted by atomic mass is 9.86. The highest BCUT2D eigenvalue weighted by Crippen LogP contribution is 2.27. The van der Waals surface area contributed by atoms with E-state index in [-0.39, 0.29) is 37.7 Å². The Morgan fingerprint density at radius 3 is 2.63 bits per heavy atom. The quantitative estimate of drug-likeness (QED) is 0.198. The van der Waals surface area contributed by atoms with Gasteiger partial charge in [-0.2, -0.15) is 0 Å². The monoisotopic (exact) mass is 390 g/mol. The molecule has 1 aliphatic carbocycles. The Morgan fingerprint density at radius 2 is 1.96 bits per heavy atom. The van der Waals surface area contributed by atoms with E-state index in [9.17, 15) is 15.3 Å². The van der Waals surface area contributed by atoms with Crippen molar-refractivity contribution in [3.05, 3.63) is 0 Å². The lowest BCUT2D eigenvalue weighted by Gasteiger charge is -2.41. The predicted octanol–water partition coefficient (Wildman–Crippen LogP) is -2.00. The van der Waals surface area contributed by atoms with Crippen molar-refractivity contribution >= 4 is 0 Å². The van der Waals surface area contributed by atoms with Crippen molar-refractivity contribution in [3.8, 4) is 0 Å². The van der Waals surface area contributed by atoms with Crippen LogP contribution in [0.4, 0.5) is 0 Å². The molecule has 1 heterocycles. The van der Waals surface area contributed by atoms with Crippen LogP contribution in [-0.2, 0) is 9.47 Å². The first-order valence-corrected chi connectivity index (χ1v) is 10.2. The van der Waals surface area contributed by atoms with Gasteiger partial charge in [-0.25, -0.2) is 0 Å². The second kappa shape index (κ2) is 12.3. The van der Waals surface area contributed by atoms with E-state index < -0.39 is 18.2 Å². The van der Waals surface area contributed by atoms with E-state index >= 15 is 0 Å². The second-order valence-corrected chi connectivity index (χ2v) is 7.69. The smallest absolute Gasteiger partial charge is 0.158 e. The zero-order chi connectivity index (χ0) is 19.6. The fourth-order valence-electron chi connectivity index (χ4n) is 3.87. The van der Waals surface area contributed by atoms with Gasteiger partial charge in [0.25, 0.3) is 0 Å². The van der Waals surface area contributed by atoms with Gasteiger partial charge in [-0.1, -0.05) is 0 Å². The largest absolute Gasteiger partial charge is 0.395 e. The number of hydrogen-bond acceptors (Lipinski definition) is 9. The summed E-state index contributed by atoms with van der Waals surface area (Å²) in [6, 6.07) is -0.803. The van der Waals surface area contributed by atoms with Crippen LogP contribution >= 0.6 is 0 Å². The van der Waals surface area contributed by atoms with E-state index in [1.54, 1.807) is 0 Å². The Morgan fingerprint density at radius 1 is 1.19 bits per heavy atom. The van der Waals surface area contributed by atoms with Gasteiger partial charge in [-0.05, 0) is 51.6 Å². The first kappa shape index (κ1) is 22.9. The summed E-state index contributed by atoms with van der Waals surface area (Å²) >= 11 is 0. The minimum atomic E-state index is -0.712. The Balaban J connectivity index is 1.77. The molecule has 0 spiro atoms. The molecule has 27 heavy (non-hydrogen) atoms. The molecule has 0 aromatic carbocycles. The summed E-state index contributed by atoms with van der Waals surface area (Å²) < 4.78 is 12.1. The van der Waals surface area contributed by atoms with Crippen LogP contribution in [0.15, 0.2) is 0 Å². The molecule has 1 saturated heterocycles. The van der Waals surface area contributed by atoms with Crippen molar-refractivity contribution in [2.45, 2.75) is 81.3 Å². The Hall–Kier alpha value is -0.360. The van der Waals surface area contributed by atoms with Gasteiger partial charge in [0, 0.05) is 18.6 Å². The lowest BCUT2D eigenvalue weighted by Crippen LogP contribution is -2.58. The van der Waals surface area contributed by atoms with E-state index in [1.807, 2.05) is 0 Å². The summed E-state index contributed by atoms with van der Waals surface area (Å²) in [5.74, 6) is 0. The maximum atomic E-state index is 10.5. The first-order valence-electron chi connectivity index (χ1n) is 10.2. The summed E-state index contributed by atoms with van der Waals surface area (Å²) in [6.45, 7) is 2.01. The van der Waals surface area contributed by atoms with Gasteiger partial charge in [0.05, 0.1) is 31.5 Å². The maximum absolute atomic E-state index is 10.5. The molecule has 9 heteroatoms. The van der Waals surface area contributed by atoms with Gasteiger partial charge in [-0.15, -0.1) is 0 Å². The van der Waals surface area contributed by atoms with Crippen LogP contribution in [0.3, 0.4) is 0 Å². The Kier molecular flexibility index (Phi) is 10.4. The first-order chi connectivity index (χ1) is 13.1. The molecule has 1 saturated carbocycles. The molecule has 6 atom stereocenters. The van der Waals surface area contributed by atoms with Crippen LogP contribution < -0.4 is 22.1 Å². The highest BCUT2D eigenvalue weighted by atomic mass is 16.7. The summed E-state index contributed by atoms with van der Waals surface area (Å²) in [5, 5.41) is 35.4. The third kappa shape index (κ3) is 7.52. The fourth-order valence-corrected chi connectivity index (χ4v) is 3.87. The highest BCUT2D eigenvalue weighted by molar-refractivity contribution is 4.94. The number of aliphatic hydroxyl groups excluding tert-OH is 3. The third-order valence-corrected chi connectivity index (χ3v) is 5.34. The van der Waals surface area contributed by atoms with Gasteiger partial charge in [0.1, 0.15) is 6.10 Å². The summed E-state index contributed by atoms with van der Waals surface area (Å²) in [6.07, 6.45) is 3.39. The second-order valence-electron chi connectivity index (χ2n) is 7.69. The Bertz CT molecular complexity index is 390. The summed E-state index contributed by atoms with van der Waals surface area (Å²) in [7, 11) is 0. The van der Waals surface area contributed by atoms with Crippen LogP contribution in [0.2, 0.25) is 0 Å². The molecule has 0 amide bonds. The van der Waals surface area contributed by atoms with E-state index in [2.05, 4.69) is 10.6 Å². The fraction of sp³-hybridized carbons (Fsp3) is 1.00. The van der Waals surface area contributed by atoms with Crippen molar-refractivity contribution in [2.24, 2.45) is 11.5 Å². The van der Waals surface area contributed by atoms with Crippen molar-refractivity contribution in [2.75, 3.05) is 32.8 Å². The molecular formula is C18H38N4O5. The van der Waals surface area contributed by atoms with Crippen molar-refractivity contribution in [1.82, 2.24) is 10.6 Å².